The molecule has 0 saturated heterocycles. The van der Waals surface area contributed by atoms with Crippen LogP contribution in [0.4, 0.5) is 8.78 Å². The lowest BCUT2D eigenvalue weighted by Crippen LogP contribution is -2.13. The number of aromatic amines is 1. The van der Waals surface area contributed by atoms with Crippen LogP contribution in [0.5, 0.6) is 5.75 Å². The quantitative estimate of drug-likeness (QED) is 0.854. The number of ether oxygens (including phenoxy) is 1. The standard InChI is InChI=1S/C8H8BrF2NO2/c1-14-6-4(2-9)5(7(10)11)3-12-8(6)13/h3,7H,2H2,1H3,(H,12,13). The van der Waals surface area contributed by atoms with Gasteiger partial charge in [-0.3, -0.25) is 4.79 Å². The van der Waals surface area contributed by atoms with Crippen LogP contribution in [0.3, 0.4) is 0 Å². The van der Waals surface area contributed by atoms with Crippen molar-refractivity contribution in [3.63, 3.8) is 0 Å². The highest BCUT2D eigenvalue weighted by Gasteiger charge is 2.18. The van der Waals surface area contributed by atoms with Crippen molar-refractivity contribution < 1.29 is 13.5 Å². The zero-order valence-electron chi connectivity index (χ0n) is 7.31. The van der Waals surface area contributed by atoms with E-state index in [0.29, 0.717) is 0 Å². The van der Waals surface area contributed by atoms with Crippen LogP contribution >= 0.6 is 15.9 Å². The highest BCUT2D eigenvalue weighted by molar-refractivity contribution is 9.08. The van der Waals surface area contributed by atoms with E-state index in [1.807, 2.05) is 0 Å². The number of alkyl halides is 3. The van der Waals surface area contributed by atoms with Gasteiger partial charge in [0, 0.05) is 22.7 Å². The molecular weight excluding hydrogens is 260 g/mol. The number of hydrogen-bond acceptors (Lipinski definition) is 2. The van der Waals surface area contributed by atoms with E-state index in [-0.39, 0.29) is 22.2 Å². The Hall–Kier alpha value is -0.910. The summed E-state index contributed by atoms with van der Waals surface area (Å²) in [5.74, 6) is -0.0697. The maximum Gasteiger partial charge on any atom is 0.290 e. The maximum absolute atomic E-state index is 12.5. The van der Waals surface area contributed by atoms with Gasteiger partial charge in [0.05, 0.1) is 7.11 Å². The lowest BCUT2D eigenvalue weighted by Gasteiger charge is -2.09. The van der Waals surface area contributed by atoms with Gasteiger partial charge in [-0.15, -0.1) is 0 Å². The number of nitrogens with one attached hydrogen (secondary N) is 1. The number of H-pyrrole nitrogens is 1. The Kier molecular flexibility index (Phi) is 3.62. The Balaban J connectivity index is 3.40. The number of halogens is 3. The minimum absolute atomic E-state index is 0.0697. The summed E-state index contributed by atoms with van der Waals surface area (Å²) >= 11 is 3.04. The summed E-state index contributed by atoms with van der Waals surface area (Å²) in [4.78, 5) is 13.4. The number of aromatic nitrogens is 1. The van der Waals surface area contributed by atoms with Gasteiger partial charge in [0.2, 0.25) is 0 Å². The highest BCUT2D eigenvalue weighted by Crippen LogP contribution is 2.28. The van der Waals surface area contributed by atoms with Crippen molar-refractivity contribution in [2.75, 3.05) is 7.11 Å². The van der Waals surface area contributed by atoms with E-state index >= 15 is 0 Å². The van der Waals surface area contributed by atoms with Crippen LogP contribution in [0.15, 0.2) is 11.0 Å². The molecule has 0 saturated carbocycles. The molecule has 0 radical (unpaired) electrons. The van der Waals surface area contributed by atoms with E-state index in [2.05, 4.69) is 20.9 Å². The molecule has 0 bridgehead atoms. The Morgan fingerprint density at radius 2 is 2.29 bits per heavy atom. The zero-order valence-corrected chi connectivity index (χ0v) is 8.90. The molecule has 0 amide bonds. The van der Waals surface area contributed by atoms with E-state index in [1.54, 1.807) is 0 Å². The molecule has 3 nitrogen and oxygen atoms in total. The van der Waals surface area contributed by atoms with Crippen molar-refractivity contribution in [1.29, 1.82) is 0 Å². The van der Waals surface area contributed by atoms with Crippen molar-refractivity contribution >= 4 is 15.9 Å². The van der Waals surface area contributed by atoms with Crippen molar-refractivity contribution in [2.24, 2.45) is 0 Å². The van der Waals surface area contributed by atoms with Gasteiger partial charge < -0.3 is 9.72 Å². The molecule has 0 atom stereocenters. The zero-order chi connectivity index (χ0) is 10.7. The molecular formula is C8H8BrF2NO2. The third-order valence-electron chi connectivity index (χ3n) is 1.76. The Morgan fingerprint density at radius 1 is 1.64 bits per heavy atom. The number of methoxy groups -OCH3 is 1. The molecule has 1 aromatic heterocycles. The van der Waals surface area contributed by atoms with Crippen LogP contribution < -0.4 is 10.3 Å². The molecule has 1 N–H and O–H groups in total. The number of pyridine rings is 1. The van der Waals surface area contributed by atoms with E-state index in [9.17, 15) is 13.6 Å². The summed E-state index contributed by atoms with van der Waals surface area (Å²) < 4.78 is 29.7. The fourth-order valence-corrected chi connectivity index (χ4v) is 1.69. The van der Waals surface area contributed by atoms with E-state index in [1.165, 1.54) is 7.11 Å². The van der Waals surface area contributed by atoms with Crippen molar-refractivity contribution in [2.45, 2.75) is 11.8 Å². The second-order valence-corrected chi connectivity index (χ2v) is 3.08. The molecule has 0 aliphatic rings. The van der Waals surface area contributed by atoms with E-state index in [0.717, 1.165) is 6.20 Å². The molecule has 0 aromatic carbocycles. The molecule has 1 heterocycles. The first-order valence-corrected chi connectivity index (χ1v) is 4.86. The highest BCUT2D eigenvalue weighted by atomic mass is 79.9. The summed E-state index contributed by atoms with van der Waals surface area (Å²) in [5.41, 5.74) is -0.545. The minimum Gasteiger partial charge on any atom is -0.491 e. The largest absolute Gasteiger partial charge is 0.491 e. The SMILES string of the molecule is COc1c(CBr)c(C(F)F)c[nH]c1=O. The van der Waals surface area contributed by atoms with Gasteiger partial charge >= 0.3 is 0 Å². The maximum atomic E-state index is 12.5. The van der Waals surface area contributed by atoms with Crippen LogP contribution in [-0.4, -0.2) is 12.1 Å². The lowest BCUT2D eigenvalue weighted by atomic mass is 10.1. The molecule has 14 heavy (non-hydrogen) atoms. The van der Waals surface area contributed by atoms with Crippen molar-refractivity contribution in [1.82, 2.24) is 4.98 Å². The first-order chi connectivity index (χ1) is 6.61. The summed E-state index contributed by atoms with van der Waals surface area (Å²) in [5, 5.41) is 0.153. The van der Waals surface area contributed by atoms with E-state index in [4.69, 9.17) is 4.74 Å². The molecule has 78 valence electrons. The first-order valence-electron chi connectivity index (χ1n) is 3.74. The Bertz CT molecular complexity index is 378. The average Bonchev–Trinajstić information content (AvgIpc) is 2.16. The second-order valence-electron chi connectivity index (χ2n) is 2.52. The Labute approximate surface area is 87.2 Å². The number of rotatable bonds is 3. The van der Waals surface area contributed by atoms with Crippen LogP contribution in [0.25, 0.3) is 0 Å². The molecule has 0 fully saturated rings. The van der Waals surface area contributed by atoms with Gasteiger partial charge in [-0.25, -0.2) is 8.78 Å². The minimum atomic E-state index is -2.63. The summed E-state index contributed by atoms with van der Waals surface area (Å²) in [6, 6.07) is 0. The third kappa shape index (κ3) is 1.95. The van der Waals surface area contributed by atoms with E-state index < -0.39 is 12.0 Å². The first kappa shape index (κ1) is 11.2. The lowest BCUT2D eigenvalue weighted by molar-refractivity contribution is 0.149. The fraction of sp³-hybridized carbons (Fsp3) is 0.375. The summed E-state index contributed by atoms with van der Waals surface area (Å²) in [6.07, 6.45) is -1.63. The topological polar surface area (TPSA) is 42.1 Å². The monoisotopic (exact) mass is 267 g/mol. The van der Waals surface area contributed by atoms with Crippen LogP contribution in [0.2, 0.25) is 0 Å². The summed E-state index contributed by atoms with van der Waals surface area (Å²) in [6.45, 7) is 0. The van der Waals surface area contributed by atoms with Gasteiger partial charge in [-0.05, 0) is 0 Å². The fourth-order valence-electron chi connectivity index (χ4n) is 1.11. The predicted molar refractivity (Wildman–Crippen MR) is 51.2 cm³/mol. The molecule has 1 rings (SSSR count). The van der Waals surface area contributed by atoms with Gasteiger partial charge in [0.25, 0.3) is 12.0 Å². The van der Waals surface area contributed by atoms with Gasteiger partial charge in [-0.1, -0.05) is 15.9 Å². The van der Waals surface area contributed by atoms with Crippen LogP contribution in [-0.2, 0) is 5.33 Å². The molecule has 0 aliphatic carbocycles. The van der Waals surface area contributed by atoms with Gasteiger partial charge in [-0.2, -0.15) is 0 Å². The second kappa shape index (κ2) is 4.54. The van der Waals surface area contributed by atoms with Gasteiger partial charge in [0.1, 0.15) is 0 Å². The number of hydrogen-bond donors (Lipinski definition) is 1. The van der Waals surface area contributed by atoms with Crippen molar-refractivity contribution in [3.8, 4) is 5.75 Å². The smallest absolute Gasteiger partial charge is 0.290 e. The van der Waals surface area contributed by atoms with Crippen molar-refractivity contribution in [3.05, 3.63) is 27.7 Å². The van der Waals surface area contributed by atoms with Gasteiger partial charge in [0.15, 0.2) is 5.75 Å². The molecule has 0 unspecified atom stereocenters. The third-order valence-corrected chi connectivity index (χ3v) is 2.32. The molecule has 0 spiro atoms. The molecule has 6 heteroatoms. The molecule has 1 aromatic rings. The average molecular weight is 268 g/mol. The van der Waals surface area contributed by atoms with Crippen LogP contribution in [0, 0.1) is 0 Å². The molecule has 0 aliphatic heterocycles. The normalized spacial score (nSPS) is 10.6. The summed E-state index contributed by atoms with van der Waals surface area (Å²) in [7, 11) is 1.27. The Morgan fingerprint density at radius 3 is 2.71 bits per heavy atom. The predicted octanol–water partition coefficient (Wildman–Crippen LogP) is 2.22. The van der Waals surface area contributed by atoms with Crippen LogP contribution in [0.1, 0.15) is 17.6 Å².